The van der Waals surface area contributed by atoms with Gasteiger partial charge in [-0.25, -0.2) is 9.59 Å². The number of carbonyl (C=O) groups excluding carboxylic acids is 2. The first-order valence-corrected chi connectivity index (χ1v) is 16.0. The topological polar surface area (TPSA) is 223 Å². The van der Waals surface area contributed by atoms with Gasteiger partial charge in [-0.05, 0) is 78.7 Å². The molecule has 14 heteroatoms. The van der Waals surface area contributed by atoms with Gasteiger partial charge >= 0.3 is 11.9 Å². The molecule has 0 bridgehead atoms. The summed E-state index contributed by atoms with van der Waals surface area (Å²) in [4.78, 5) is 40.4. The molecule has 0 saturated carbocycles. The van der Waals surface area contributed by atoms with Gasteiger partial charge in [-0.15, -0.1) is 0 Å². The Balaban J connectivity index is 1.40. The van der Waals surface area contributed by atoms with E-state index in [1.807, 2.05) is 0 Å². The molecule has 6 rings (SSSR count). The second-order valence-corrected chi connectivity index (χ2v) is 11.9. The molecule has 1 saturated heterocycles. The molecule has 1 aliphatic heterocycles. The van der Waals surface area contributed by atoms with Gasteiger partial charge in [0.1, 0.15) is 45.8 Å². The van der Waals surface area contributed by atoms with E-state index in [1.165, 1.54) is 79.7 Å². The number of rotatable bonds is 9. The highest BCUT2D eigenvalue weighted by molar-refractivity contribution is 5.89. The molecule has 0 amide bonds. The van der Waals surface area contributed by atoms with Crippen LogP contribution in [0.4, 0.5) is 0 Å². The van der Waals surface area contributed by atoms with Crippen LogP contribution in [0, 0.1) is 0 Å². The van der Waals surface area contributed by atoms with Crippen molar-refractivity contribution in [3.05, 3.63) is 118 Å². The summed E-state index contributed by atoms with van der Waals surface area (Å²) in [6.07, 6.45) is -3.00. The zero-order chi connectivity index (χ0) is 37.8. The number of aliphatic hydroxyl groups excluding tert-OH is 1. The molecule has 5 atom stereocenters. The van der Waals surface area contributed by atoms with Crippen LogP contribution in [-0.4, -0.2) is 73.3 Å². The van der Waals surface area contributed by atoms with Crippen LogP contribution in [0.25, 0.3) is 34.4 Å². The third-order valence-corrected chi connectivity index (χ3v) is 8.15. The van der Waals surface area contributed by atoms with Gasteiger partial charge in [-0.1, -0.05) is 24.3 Å². The molecule has 5 aromatic rings. The summed E-state index contributed by atoms with van der Waals surface area (Å²) in [5.74, 6) is -3.89. The highest BCUT2D eigenvalue weighted by atomic mass is 16.7. The SMILES string of the molecule is CC1O[C@@H](Oc2c(-c3ccc(O)cc3)oc3cc(O)cc(O)c3c2=O)C(OC(=O)/C=C/c2ccc(O)cc2)C(OC(=O)/C=C/c2ccc(O)cc2)[C@H]1O. The van der Waals surface area contributed by atoms with Crippen LogP contribution in [0.3, 0.4) is 0 Å². The van der Waals surface area contributed by atoms with E-state index in [0.717, 1.165) is 24.3 Å². The van der Waals surface area contributed by atoms with Crippen molar-refractivity contribution < 1.29 is 63.6 Å². The van der Waals surface area contributed by atoms with Crippen molar-refractivity contribution in [2.45, 2.75) is 37.6 Å². The molecule has 1 aliphatic rings. The summed E-state index contributed by atoms with van der Waals surface area (Å²) in [6.45, 7) is 1.43. The number of aromatic hydroxyl groups is 5. The molecular weight excluding hydrogens is 692 g/mol. The number of hydrogen-bond acceptors (Lipinski definition) is 14. The Bertz CT molecular complexity index is 2240. The third kappa shape index (κ3) is 8.25. The minimum absolute atomic E-state index is 0.00579. The molecule has 1 aromatic heterocycles. The Morgan fingerprint density at radius 1 is 0.698 bits per heavy atom. The Morgan fingerprint density at radius 3 is 1.75 bits per heavy atom. The van der Waals surface area contributed by atoms with E-state index < -0.39 is 65.3 Å². The number of benzene rings is 4. The predicted molar refractivity (Wildman–Crippen MR) is 188 cm³/mol. The summed E-state index contributed by atoms with van der Waals surface area (Å²) in [7, 11) is 0. The van der Waals surface area contributed by atoms with Gasteiger partial charge in [0, 0.05) is 29.8 Å². The fourth-order valence-corrected chi connectivity index (χ4v) is 5.48. The lowest BCUT2D eigenvalue weighted by molar-refractivity contribution is -0.276. The molecule has 3 unspecified atom stereocenters. The number of esters is 2. The maximum Gasteiger partial charge on any atom is 0.331 e. The second kappa shape index (κ2) is 15.2. The largest absolute Gasteiger partial charge is 0.508 e. The van der Waals surface area contributed by atoms with Crippen LogP contribution in [0.2, 0.25) is 0 Å². The Morgan fingerprint density at radius 2 is 1.21 bits per heavy atom. The Hall–Kier alpha value is -6.77. The first-order valence-electron chi connectivity index (χ1n) is 16.0. The summed E-state index contributed by atoms with van der Waals surface area (Å²) in [6, 6.07) is 19.2. The van der Waals surface area contributed by atoms with Gasteiger partial charge in [0.05, 0.1) is 6.10 Å². The smallest absolute Gasteiger partial charge is 0.331 e. The van der Waals surface area contributed by atoms with Crippen molar-refractivity contribution in [1.82, 2.24) is 0 Å². The van der Waals surface area contributed by atoms with Crippen LogP contribution in [-0.2, 0) is 23.8 Å². The van der Waals surface area contributed by atoms with E-state index >= 15 is 0 Å². The highest BCUT2D eigenvalue weighted by Crippen LogP contribution is 2.38. The van der Waals surface area contributed by atoms with Crippen molar-refractivity contribution in [1.29, 1.82) is 0 Å². The Labute approximate surface area is 300 Å². The number of fused-ring (bicyclic) bond motifs is 1. The van der Waals surface area contributed by atoms with E-state index in [1.54, 1.807) is 12.1 Å². The van der Waals surface area contributed by atoms with Gasteiger partial charge in [0.15, 0.2) is 11.9 Å². The fourth-order valence-electron chi connectivity index (χ4n) is 5.48. The standard InChI is InChI=1S/C39H32O14/c1-20-33(47)36(51-30(45)16-6-21-2-10-24(40)11-3-21)38(52-31(46)17-7-22-4-12-25(41)13-5-22)39(49-20)53-37-34(48)32-28(44)18-27(43)19-29(32)50-35(37)23-8-14-26(42)15-9-23/h2-20,33,36,38-44,47H,1H3/b16-6+,17-7+/t20?,33-,36?,38?,39-/m0/s1. The van der Waals surface area contributed by atoms with E-state index in [-0.39, 0.29) is 39.5 Å². The molecule has 0 spiro atoms. The third-order valence-electron chi connectivity index (χ3n) is 8.15. The molecule has 0 radical (unpaired) electrons. The van der Waals surface area contributed by atoms with E-state index in [9.17, 15) is 45.0 Å². The minimum Gasteiger partial charge on any atom is -0.508 e. The normalized spacial score (nSPS) is 20.1. The average molecular weight is 725 g/mol. The maximum atomic E-state index is 14.0. The quantitative estimate of drug-likeness (QED) is 0.0894. The van der Waals surface area contributed by atoms with E-state index in [2.05, 4.69) is 0 Å². The van der Waals surface area contributed by atoms with Crippen molar-refractivity contribution in [3.63, 3.8) is 0 Å². The molecule has 4 aromatic carbocycles. The molecule has 2 heterocycles. The first kappa shape index (κ1) is 36.0. The second-order valence-electron chi connectivity index (χ2n) is 11.9. The first-order chi connectivity index (χ1) is 25.4. The molecule has 272 valence electrons. The van der Waals surface area contributed by atoms with Gasteiger partial charge < -0.3 is 54.0 Å². The summed E-state index contributed by atoms with van der Waals surface area (Å²) < 4.78 is 29.3. The number of phenolic OH excluding ortho intramolecular Hbond substituents is 5. The highest BCUT2D eigenvalue weighted by Gasteiger charge is 2.50. The summed E-state index contributed by atoms with van der Waals surface area (Å²) >= 11 is 0. The fraction of sp³-hybridized carbons (Fsp3) is 0.154. The Kier molecular flexibility index (Phi) is 10.4. The van der Waals surface area contributed by atoms with Crippen LogP contribution in [0.1, 0.15) is 18.1 Å². The van der Waals surface area contributed by atoms with Crippen LogP contribution in [0.5, 0.6) is 34.5 Å². The predicted octanol–water partition coefficient (Wildman–Crippen LogP) is 4.72. The average Bonchev–Trinajstić information content (AvgIpc) is 3.12. The molecule has 0 aliphatic carbocycles. The number of aliphatic hydroxyl groups is 1. The molecule has 6 N–H and O–H groups in total. The zero-order valence-electron chi connectivity index (χ0n) is 27.7. The zero-order valence-corrected chi connectivity index (χ0v) is 27.7. The summed E-state index contributed by atoms with van der Waals surface area (Å²) in [5.41, 5.74) is 0.103. The molecule has 53 heavy (non-hydrogen) atoms. The monoisotopic (exact) mass is 724 g/mol. The van der Waals surface area contributed by atoms with Crippen molar-refractivity contribution in [2.24, 2.45) is 0 Å². The molecular formula is C39H32O14. The van der Waals surface area contributed by atoms with Crippen LogP contribution >= 0.6 is 0 Å². The number of carbonyl (C=O) groups is 2. The van der Waals surface area contributed by atoms with Crippen LogP contribution < -0.4 is 10.2 Å². The molecule has 14 nitrogen and oxygen atoms in total. The van der Waals surface area contributed by atoms with Crippen molar-refractivity contribution in [2.75, 3.05) is 0 Å². The van der Waals surface area contributed by atoms with Gasteiger partial charge in [0.2, 0.25) is 23.6 Å². The lowest BCUT2D eigenvalue weighted by Crippen LogP contribution is -2.61. The number of ether oxygens (including phenoxy) is 4. The van der Waals surface area contributed by atoms with Crippen molar-refractivity contribution >= 4 is 35.1 Å². The summed E-state index contributed by atoms with van der Waals surface area (Å²) in [5, 5.41) is 60.6. The minimum atomic E-state index is -1.76. The van der Waals surface area contributed by atoms with Gasteiger partial charge in [0.25, 0.3) is 0 Å². The maximum absolute atomic E-state index is 14.0. The number of phenols is 5. The van der Waals surface area contributed by atoms with Crippen molar-refractivity contribution in [3.8, 4) is 45.8 Å². The van der Waals surface area contributed by atoms with E-state index in [0.29, 0.717) is 11.1 Å². The van der Waals surface area contributed by atoms with Gasteiger partial charge in [-0.2, -0.15) is 0 Å². The lowest BCUT2D eigenvalue weighted by atomic mass is 9.99. The lowest BCUT2D eigenvalue weighted by Gasteiger charge is -2.41. The van der Waals surface area contributed by atoms with E-state index in [4.69, 9.17) is 23.4 Å². The molecule has 1 fully saturated rings. The number of hydrogen-bond donors (Lipinski definition) is 6. The van der Waals surface area contributed by atoms with Gasteiger partial charge in [-0.3, -0.25) is 4.79 Å². The van der Waals surface area contributed by atoms with Crippen LogP contribution in [0.15, 0.2) is 106 Å².